The molecule has 0 radical (unpaired) electrons. The molecule has 1 aliphatic rings. The number of sulfonamides is 1. The fourth-order valence-corrected chi connectivity index (χ4v) is 6.62. The fraction of sp³-hybridized carbons (Fsp3) is 0.417. The summed E-state index contributed by atoms with van der Waals surface area (Å²) in [4.78, 5) is 18.4. The lowest BCUT2D eigenvalue weighted by Crippen LogP contribution is -2.42. The molecule has 0 saturated carbocycles. The molecule has 170 valence electrons. The minimum atomic E-state index is -3.62. The predicted octanol–water partition coefficient (Wildman–Crippen LogP) is 4.20. The first kappa shape index (κ1) is 22.9. The van der Waals surface area contributed by atoms with Crippen molar-refractivity contribution in [1.29, 1.82) is 0 Å². The third-order valence-corrected chi connectivity index (χ3v) is 9.07. The Morgan fingerprint density at radius 2 is 1.88 bits per heavy atom. The molecule has 32 heavy (non-hydrogen) atoms. The van der Waals surface area contributed by atoms with Crippen molar-refractivity contribution >= 4 is 37.5 Å². The molecule has 0 N–H and O–H groups in total. The molecular weight excluding hydrogens is 442 g/mol. The van der Waals surface area contributed by atoms with Gasteiger partial charge in [-0.05, 0) is 55.5 Å². The number of carbonyl (C=O) groups excluding carboxylic acids is 1. The number of aromatic nitrogens is 1. The maximum atomic E-state index is 13.1. The van der Waals surface area contributed by atoms with Gasteiger partial charge in [0.05, 0.1) is 21.0 Å². The molecule has 1 aliphatic heterocycles. The lowest BCUT2D eigenvalue weighted by atomic mass is 9.99. The van der Waals surface area contributed by atoms with Gasteiger partial charge in [-0.2, -0.15) is 9.30 Å². The van der Waals surface area contributed by atoms with Crippen LogP contribution in [0.15, 0.2) is 52.4 Å². The number of nitrogens with zero attached hydrogens (tertiary/aromatic N) is 3. The summed E-state index contributed by atoms with van der Waals surface area (Å²) >= 11 is 1.50. The van der Waals surface area contributed by atoms with E-state index in [0.29, 0.717) is 30.1 Å². The SMILES string of the molecule is Cc1ccc(S(=O)(=O)N2CCCC(C(=O)N=c3sc4cc(C(C)C)ccc4n3C)C2)cc1. The summed E-state index contributed by atoms with van der Waals surface area (Å²) in [5.41, 5.74) is 3.30. The fourth-order valence-electron chi connectivity index (χ4n) is 4.02. The number of carbonyl (C=O) groups is 1. The van der Waals surface area contributed by atoms with Crippen LogP contribution in [0.5, 0.6) is 0 Å². The summed E-state index contributed by atoms with van der Waals surface area (Å²) in [5, 5.41) is 0. The van der Waals surface area contributed by atoms with Crippen LogP contribution in [0.25, 0.3) is 10.2 Å². The van der Waals surface area contributed by atoms with Gasteiger partial charge in [0.2, 0.25) is 10.0 Å². The lowest BCUT2D eigenvalue weighted by molar-refractivity contribution is -0.122. The van der Waals surface area contributed by atoms with Crippen LogP contribution in [0.1, 0.15) is 43.7 Å². The molecule has 0 aliphatic carbocycles. The maximum absolute atomic E-state index is 13.1. The van der Waals surface area contributed by atoms with Crippen molar-refractivity contribution in [1.82, 2.24) is 8.87 Å². The van der Waals surface area contributed by atoms with Gasteiger partial charge < -0.3 is 4.57 Å². The van der Waals surface area contributed by atoms with Crippen LogP contribution in [0.2, 0.25) is 0 Å². The van der Waals surface area contributed by atoms with Crippen molar-refractivity contribution in [3.05, 3.63) is 58.4 Å². The van der Waals surface area contributed by atoms with Gasteiger partial charge in [-0.3, -0.25) is 4.79 Å². The van der Waals surface area contributed by atoms with E-state index in [2.05, 4.69) is 37.0 Å². The van der Waals surface area contributed by atoms with Gasteiger partial charge in [0.1, 0.15) is 0 Å². The van der Waals surface area contributed by atoms with Gasteiger partial charge in [-0.25, -0.2) is 8.42 Å². The number of benzene rings is 2. The molecule has 8 heteroatoms. The monoisotopic (exact) mass is 471 g/mol. The highest BCUT2D eigenvalue weighted by Crippen LogP contribution is 2.26. The van der Waals surface area contributed by atoms with Crippen LogP contribution < -0.4 is 4.80 Å². The average Bonchev–Trinajstić information content (AvgIpc) is 3.08. The quantitative estimate of drug-likeness (QED) is 0.573. The summed E-state index contributed by atoms with van der Waals surface area (Å²) in [7, 11) is -1.71. The van der Waals surface area contributed by atoms with Crippen molar-refractivity contribution in [3.63, 3.8) is 0 Å². The number of amides is 1. The number of rotatable bonds is 4. The molecule has 1 saturated heterocycles. The zero-order valence-electron chi connectivity index (χ0n) is 18.9. The number of thiazole rings is 1. The molecule has 3 aromatic rings. The van der Waals surface area contributed by atoms with Crippen molar-refractivity contribution in [2.24, 2.45) is 18.0 Å². The highest BCUT2D eigenvalue weighted by atomic mass is 32.2. The largest absolute Gasteiger partial charge is 0.319 e. The number of fused-ring (bicyclic) bond motifs is 1. The zero-order valence-corrected chi connectivity index (χ0v) is 20.5. The Kier molecular flexibility index (Phi) is 6.38. The van der Waals surface area contributed by atoms with Crippen LogP contribution in [0.3, 0.4) is 0 Å². The Balaban J connectivity index is 1.59. The van der Waals surface area contributed by atoms with Gasteiger partial charge >= 0.3 is 0 Å². The zero-order chi connectivity index (χ0) is 23.0. The van der Waals surface area contributed by atoms with Crippen LogP contribution in [0.4, 0.5) is 0 Å². The van der Waals surface area contributed by atoms with E-state index in [9.17, 15) is 13.2 Å². The van der Waals surface area contributed by atoms with Crippen molar-refractivity contribution < 1.29 is 13.2 Å². The van der Waals surface area contributed by atoms with Crippen molar-refractivity contribution in [3.8, 4) is 0 Å². The molecule has 1 atom stereocenters. The highest BCUT2D eigenvalue weighted by molar-refractivity contribution is 7.89. The molecule has 1 amide bonds. The smallest absolute Gasteiger partial charge is 0.252 e. The summed E-state index contributed by atoms with van der Waals surface area (Å²) in [6.45, 7) is 6.83. The first-order chi connectivity index (χ1) is 15.2. The molecule has 0 spiro atoms. The molecule has 1 aromatic heterocycles. The van der Waals surface area contributed by atoms with E-state index >= 15 is 0 Å². The highest BCUT2D eigenvalue weighted by Gasteiger charge is 2.33. The Labute approximate surface area is 193 Å². The number of piperidine rings is 1. The number of aryl methyl sites for hydroxylation is 2. The minimum absolute atomic E-state index is 0.171. The van der Waals surface area contributed by atoms with Gasteiger partial charge in [0.15, 0.2) is 4.80 Å². The van der Waals surface area contributed by atoms with E-state index in [-0.39, 0.29) is 17.3 Å². The minimum Gasteiger partial charge on any atom is -0.319 e. The molecule has 1 fully saturated rings. The molecule has 4 rings (SSSR count). The number of hydrogen-bond donors (Lipinski definition) is 0. The first-order valence-electron chi connectivity index (χ1n) is 10.9. The van der Waals surface area contributed by atoms with Gasteiger partial charge in [-0.1, -0.05) is 48.9 Å². The molecule has 1 unspecified atom stereocenters. The Hall–Kier alpha value is -2.29. The third-order valence-electron chi connectivity index (χ3n) is 6.10. The summed E-state index contributed by atoms with van der Waals surface area (Å²) < 4.78 is 30.6. The summed E-state index contributed by atoms with van der Waals surface area (Å²) in [6, 6.07) is 13.2. The van der Waals surface area contributed by atoms with Crippen LogP contribution in [0, 0.1) is 12.8 Å². The topological polar surface area (TPSA) is 71.7 Å². The maximum Gasteiger partial charge on any atom is 0.252 e. The second kappa shape index (κ2) is 8.92. The first-order valence-corrected chi connectivity index (χ1v) is 13.2. The molecule has 2 heterocycles. The Morgan fingerprint density at radius 3 is 2.56 bits per heavy atom. The van der Waals surface area contributed by atoms with E-state index < -0.39 is 15.9 Å². The second-order valence-electron chi connectivity index (χ2n) is 8.79. The molecule has 0 bridgehead atoms. The molecule has 6 nitrogen and oxygen atoms in total. The normalized spacial score (nSPS) is 18.5. The lowest BCUT2D eigenvalue weighted by Gasteiger charge is -2.30. The van der Waals surface area contributed by atoms with Crippen molar-refractivity contribution in [2.45, 2.75) is 44.4 Å². The second-order valence-corrected chi connectivity index (χ2v) is 11.7. The third kappa shape index (κ3) is 4.44. The Bertz CT molecular complexity index is 1320. The van der Waals surface area contributed by atoms with Gasteiger partial charge in [-0.15, -0.1) is 0 Å². The van der Waals surface area contributed by atoms with E-state index in [1.54, 1.807) is 24.3 Å². The van der Waals surface area contributed by atoms with Crippen LogP contribution in [-0.4, -0.2) is 36.3 Å². The molecular formula is C24H29N3O3S2. The Morgan fingerprint density at radius 1 is 1.16 bits per heavy atom. The van der Waals surface area contributed by atoms with E-state index in [1.807, 2.05) is 18.5 Å². The van der Waals surface area contributed by atoms with Crippen molar-refractivity contribution in [2.75, 3.05) is 13.1 Å². The van der Waals surface area contributed by atoms with Gasteiger partial charge in [0.25, 0.3) is 5.91 Å². The van der Waals surface area contributed by atoms with Gasteiger partial charge in [0, 0.05) is 20.1 Å². The average molecular weight is 472 g/mol. The van der Waals surface area contributed by atoms with Crippen LogP contribution >= 0.6 is 11.3 Å². The van der Waals surface area contributed by atoms with E-state index in [4.69, 9.17) is 0 Å². The standard InChI is InChI=1S/C24H29N3O3S2/c1-16(2)18-9-12-21-22(14-18)31-24(26(21)4)25-23(28)19-6-5-13-27(15-19)32(29,30)20-10-7-17(3)8-11-20/h7-12,14,16,19H,5-6,13,15H2,1-4H3. The number of hydrogen-bond acceptors (Lipinski definition) is 4. The molecule has 2 aromatic carbocycles. The summed E-state index contributed by atoms with van der Waals surface area (Å²) in [6.07, 6.45) is 1.29. The summed E-state index contributed by atoms with van der Waals surface area (Å²) in [5.74, 6) is -0.252. The van der Waals surface area contributed by atoms with Crippen LogP contribution in [-0.2, 0) is 21.9 Å². The van der Waals surface area contributed by atoms with E-state index in [1.165, 1.54) is 21.2 Å². The van der Waals surface area contributed by atoms with E-state index in [0.717, 1.165) is 15.8 Å². The predicted molar refractivity (Wildman–Crippen MR) is 128 cm³/mol.